The van der Waals surface area contributed by atoms with Crippen molar-refractivity contribution in [3.63, 3.8) is 0 Å². The molecule has 0 saturated carbocycles. The summed E-state index contributed by atoms with van der Waals surface area (Å²) in [7, 11) is -1.11. The maximum atomic E-state index is 13.2. The molecule has 3 heterocycles. The van der Waals surface area contributed by atoms with Gasteiger partial charge in [0.15, 0.2) is 0 Å². The van der Waals surface area contributed by atoms with Crippen molar-refractivity contribution in [2.45, 2.75) is 84.0 Å². The Kier molecular flexibility index (Phi) is 5.97. The van der Waals surface area contributed by atoms with Crippen LogP contribution < -0.4 is 4.90 Å². The Morgan fingerprint density at radius 3 is 2.74 bits per heavy atom. The summed E-state index contributed by atoms with van der Waals surface area (Å²) in [6, 6.07) is 5.43. The van der Waals surface area contributed by atoms with Crippen molar-refractivity contribution in [1.29, 1.82) is 0 Å². The van der Waals surface area contributed by atoms with E-state index in [-0.39, 0.29) is 5.91 Å². The number of aliphatic hydroxyl groups excluding tert-OH is 1. The first-order valence-corrected chi connectivity index (χ1v) is 16.5. The number of amides is 1. The molecule has 1 aromatic carbocycles. The van der Waals surface area contributed by atoms with E-state index in [1.807, 2.05) is 18.5 Å². The van der Waals surface area contributed by atoms with Crippen molar-refractivity contribution < 1.29 is 14.6 Å². The molecule has 1 amide bonds. The van der Waals surface area contributed by atoms with Gasteiger partial charge in [-0.05, 0) is 74.9 Å². The first kappa shape index (κ1) is 24.3. The van der Waals surface area contributed by atoms with Crippen LogP contribution in [0, 0.1) is 0 Å². The monoisotopic (exact) mass is 494 g/mol. The zero-order valence-electron chi connectivity index (χ0n) is 21.9. The van der Waals surface area contributed by atoms with Crippen LogP contribution in [0.2, 0.25) is 25.7 Å². The number of aryl methyl sites for hydroxylation is 2. The van der Waals surface area contributed by atoms with E-state index in [2.05, 4.69) is 43.0 Å². The predicted molar refractivity (Wildman–Crippen MR) is 143 cm³/mol. The van der Waals surface area contributed by atoms with Gasteiger partial charge in [0.1, 0.15) is 12.4 Å². The number of β-amino-alcohol motifs (C(OH)–C–C–N with tert-alkyl or cyclic N) is 1. The number of nitrogens with zero attached hydrogens (tertiary/aromatic N) is 3. The number of H-pyrrole nitrogens is 1. The average molecular weight is 495 g/mol. The van der Waals surface area contributed by atoms with Crippen LogP contribution in [0.15, 0.2) is 18.3 Å². The van der Waals surface area contributed by atoms with Crippen LogP contribution in [0.1, 0.15) is 43.9 Å². The summed E-state index contributed by atoms with van der Waals surface area (Å²) in [6.07, 6.45) is 4.55. The third kappa shape index (κ3) is 4.36. The van der Waals surface area contributed by atoms with E-state index in [1.165, 1.54) is 11.1 Å². The number of anilines is 1. The lowest BCUT2D eigenvalue weighted by atomic mass is 9.85. The molecule has 0 radical (unpaired) electrons. The van der Waals surface area contributed by atoms with Crippen LogP contribution in [0.3, 0.4) is 0 Å². The summed E-state index contributed by atoms with van der Waals surface area (Å²) in [5.74, 6) is 0.0438. The molecule has 7 nitrogen and oxygen atoms in total. The van der Waals surface area contributed by atoms with E-state index >= 15 is 0 Å². The number of aromatic nitrogens is 3. The number of carbonyl (C=O) groups excluding carboxylic acids is 1. The number of hydrogen-bond acceptors (Lipinski definition) is 4. The fourth-order valence-electron chi connectivity index (χ4n) is 5.39. The number of aliphatic hydroxyl groups is 1. The molecule has 0 spiro atoms. The molecule has 5 rings (SSSR count). The van der Waals surface area contributed by atoms with Crippen molar-refractivity contribution >= 4 is 30.6 Å². The van der Waals surface area contributed by atoms with E-state index in [9.17, 15) is 9.90 Å². The number of carbonyl (C=O) groups is 1. The number of rotatable bonds is 7. The van der Waals surface area contributed by atoms with Gasteiger partial charge < -0.3 is 19.7 Å². The Hall–Kier alpha value is -2.42. The smallest absolute Gasteiger partial charge is 0.237 e. The van der Waals surface area contributed by atoms with Crippen molar-refractivity contribution in [3.05, 3.63) is 35.0 Å². The van der Waals surface area contributed by atoms with Gasteiger partial charge in [0.05, 0.1) is 23.8 Å². The van der Waals surface area contributed by atoms with Crippen LogP contribution in [0.25, 0.3) is 22.3 Å². The molecule has 35 heavy (non-hydrogen) atoms. The molecule has 0 saturated heterocycles. The second kappa shape index (κ2) is 8.60. The number of fused-ring (bicyclic) bond motifs is 6. The lowest BCUT2D eigenvalue weighted by Crippen LogP contribution is -2.39. The highest BCUT2D eigenvalue weighted by Crippen LogP contribution is 2.46. The lowest BCUT2D eigenvalue weighted by Gasteiger charge is -2.21. The maximum absolute atomic E-state index is 13.2. The fourth-order valence-corrected chi connectivity index (χ4v) is 6.15. The summed E-state index contributed by atoms with van der Waals surface area (Å²) in [5.41, 5.74) is 6.96. The Bertz CT molecular complexity index is 1280. The number of nitrogens with one attached hydrogen (secondary N) is 1. The molecule has 188 valence electrons. The molecule has 2 N–H and O–H groups in total. The Balaban J connectivity index is 1.51. The minimum Gasteiger partial charge on any atom is -0.392 e. The quantitative estimate of drug-likeness (QED) is 0.364. The highest BCUT2D eigenvalue weighted by Gasteiger charge is 2.44. The largest absolute Gasteiger partial charge is 0.392 e. The molecular weight excluding hydrogens is 456 g/mol. The van der Waals surface area contributed by atoms with Crippen molar-refractivity contribution in [1.82, 2.24) is 14.8 Å². The second-order valence-corrected chi connectivity index (χ2v) is 17.6. The minimum atomic E-state index is -1.11. The Morgan fingerprint density at radius 2 is 2.03 bits per heavy atom. The highest BCUT2D eigenvalue weighted by molar-refractivity contribution is 6.76. The summed E-state index contributed by atoms with van der Waals surface area (Å²) in [5, 5.41) is 16.1. The number of hydrogen-bond donors (Lipinski definition) is 2. The number of ether oxygens (including phenoxy) is 1. The predicted octanol–water partition coefficient (Wildman–Crippen LogP) is 4.84. The summed E-state index contributed by atoms with van der Waals surface area (Å²) >= 11 is 0. The first-order valence-electron chi connectivity index (χ1n) is 12.8. The van der Waals surface area contributed by atoms with Crippen LogP contribution in [-0.4, -0.2) is 53.1 Å². The summed E-state index contributed by atoms with van der Waals surface area (Å²) in [4.78, 5) is 18.6. The maximum Gasteiger partial charge on any atom is 0.237 e. The van der Waals surface area contributed by atoms with E-state index in [0.717, 1.165) is 65.5 Å². The lowest BCUT2D eigenvalue weighted by molar-refractivity contribution is -0.122. The van der Waals surface area contributed by atoms with Gasteiger partial charge in [-0.15, -0.1) is 0 Å². The Morgan fingerprint density at radius 1 is 1.26 bits per heavy atom. The molecule has 0 bridgehead atoms. The van der Waals surface area contributed by atoms with Crippen molar-refractivity contribution in [2.24, 2.45) is 0 Å². The van der Waals surface area contributed by atoms with Gasteiger partial charge in [-0.25, -0.2) is 4.68 Å². The van der Waals surface area contributed by atoms with Gasteiger partial charge in [-0.3, -0.25) is 4.79 Å². The van der Waals surface area contributed by atoms with Crippen LogP contribution in [0.4, 0.5) is 5.69 Å². The molecule has 2 aliphatic rings. The normalized spacial score (nSPS) is 17.9. The van der Waals surface area contributed by atoms with Gasteiger partial charge >= 0.3 is 0 Å². The van der Waals surface area contributed by atoms with Gasteiger partial charge in [0.25, 0.3) is 0 Å². The van der Waals surface area contributed by atoms with E-state index < -0.39 is 19.6 Å². The number of benzene rings is 1. The molecule has 1 aliphatic carbocycles. The van der Waals surface area contributed by atoms with Crippen LogP contribution >= 0.6 is 0 Å². The molecule has 1 atom stereocenters. The highest BCUT2D eigenvalue weighted by atomic mass is 28.3. The van der Waals surface area contributed by atoms with E-state index in [4.69, 9.17) is 9.84 Å². The van der Waals surface area contributed by atoms with Gasteiger partial charge in [-0.2, -0.15) is 5.10 Å². The third-order valence-electron chi connectivity index (χ3n) is 7.38. The molecule has 2 aromatic heterocycles. The zero-order valence-corrected chi connectivity index (χ0v) is 22.9. The third-order valence-corrected chi connectivity index (χ3v) is 9.08. The molecule has 1 unspecified atom stereocenters. The Labute approximate surface area is 208 Å². The number of aromatic amines is 1. The molecular formula is C27H38N4O3Si. The average Bonchev–Trinajstić information content (AvgIpc) is 3.34. The molecule has 3 aromatic rings. The topological polar surface area (TPSA) is 83.4 Å². The summed E-state index contributed by atoms with van der Waals surface area (Å²) < 4.78 is 7.88. The second-order valence-electron chi connectivity index (χ2n) is 12.0. The summed E-state index contributed by atoms with van der Waals surface area (Å²) in [6.45, 7) is 14.3. The SMILES string of the molecule is CC(O)CN1C(=O)C(C)(C)c2cc3[nH]c4c(c3cc21)CCCc1cn(COCC[Si](C)(C)C)nc1-4. The first-order chi connectivity index (χ1) is 16.5. The van der Waals surface area contributed by atoms with Gasteiger partial charge in [0.2, 0.25) is 5.91 Å². The minimum absolute atomic E-state index is 0.0438. The van der Waals surface area contributed by atoms with E-state index in [0.29, 0.717) is 13.3 Å². The zero-order chi connectivity index (χ0) is 25.1. The van der Waals surface area contributed by atoms with Crippen molar-refractivity contribution in [2.75, 3.05) is 18.1 Å². The molecule has 0 fully saturated rings. The van der Waals surface area contributed by atoms with Crippen LogP contribution in [-0.2, 0) is 34.5 Å². The van der Waals surface area contributed by atoms with Crippen LogP contribution in [0.5, 0.6) is 0 Å². The molecule has 8 heteroatoms. The van der Waals surface area contributed by atoms with Gasteiger partial charge in [0, 0.05) is 37.5 Å². The molecule has 1 aliphatic heterocycles. The standard InChI is InChI=1S/C27H38N4O3Si/c1-17(32)14-31-23-12-20-19-9-7-8-18-15-30(16-34-10-11-35(4,5)6)29-24(18)25(19)28-22(20)13-21(23)27(2,3)26(31)33/h12-13,15,17,28,32H,7-11,14,16H2,1-6H3. The van der Waals surface area contributed by atoms with E-state index in [1.54, 1.807) is 11.8 Å². The fraction of sp³-hybridized carbons (Fsp3) is 0.556. The van der Waals surface area contributed by atoms with Crippen molar-refractivity contribution in [3.8, 4) is 11.4 Å². The van der Waals surface area contributed by atoms with Gasteiger partial charge in [-0.1, -0.05) is 19.6 Å².